The Morgan fingerprint density at radius 1 is 1.23 bits per heavy atom. The lowest BCUT2D eigenvalue weighted by Gasteiger charge is -2.14. The van der Waals surface area contributed by atoms with Crippen LogP contribution in [0.25, 0.3) is 0 Å². The first-order valence-electron chi connectivity index (χ1n) is 6.83. The van der Waals surface area contributed by atoms with Crippen molar-refractivity contribution in [2.75, 3.05) is 12.4 Å². The summed E-state index contributed by atoms with van der Waals surface area (Å²) in [5, 5.41) is 2.69. The van der Waals surface area contributed by atoms with Gasteiger partial charge in [0.05, 0.1) is 12.8 Å². The normalized spacial score (nSPS) is 10.2. The molecule has 0 aliphatic carbocycles. The summed E-state index contributed by atoms with van der Waals surface area (Å²) in [6, 6.07) is 11.6. The van der Waals surface area contributed by atoms with E-state index in [1.54, 1.807) is 0 Å². The van der Waals surface area contributed by atoms with Crippen LogP contribution in [0.5, 0.6) is 5.75 Å². The number of amides is 1. The molecule has 2 aromatic carbocycles. The van der Waals surface area contributed by atoms with Crippen molar-refractivity contribution in [3.63, 3.8) is 0 Å². The van der Waals surface area contributed by atoms with E-state index >= 15 is 0 Å². The molecule has 0 heterocycles. The fourth-order valence-corrected chi connectivity index (χ4v) is 2.58. The number of hydrogen-bond acceptors (Lipinski definition) is 3. The Kier molecular flexibility index (Phi) is 5.44. The van der Waals surface area contributed by atoms with Crippen molar-refractivity contribution in [3.05, 3.63) is 57.6 Å². The Morgan fingerprint density at radius 3 is 2.68 bits per heavy atom. The minimum absolute atomic E-state index is 0.338. The third kappa shape index (κ3) is 4.01. The maximum atomic E-state index is 11.4. The largest absolute Gasteiger partial charge is 0.489 e. The maximum absolute atomic E-state index is 11.4. The fraction of sp³-hybridized carbons (Fsp3) is 0.235. The number of carbonyl (C=O) groups excluding carboxylic acids is 1. The van der Waals surface area contributed by atoms with Crippen molar-refractivity contribution >= 4 is 27.7 Å². The molecule has 0 saturated carbocycles. The van der Waals surface area contributed by atoms with Crippen molar-refractivity contribution in [2.24, 2.45) is 0 Å². The van der Waals surface area contributed by atoms with E-state index < -0.39 is 6.09 Å². The van der Waals surface area contributed by atoms with Gasteiger partial charge in [-0.3, -0.25) is 5.32 Å². The van der Waals surface area contributed by atoms with Crippen molar-refractivity contribution in [3.8, 4) is 5.75 Å². The molecule has 0 bridgehead atoms. The molecule has 1 amide bonds. The monoisotopic (exact) mass is 363 g/mol. The minimum atomic E-state index is -0.508. The van der Waals surface area contributed by atoms with Gasteiger partial charge in [0.25, 0.3) is 0 Å². The molecule has 1 N–H and O–H groups in total. The standard InChI is InChI=1S/C17H18BrNO3/c1-11-7-8-16(12(2)9-11)22-10-13-14(18)5-4-6-15(13)19-17(20)21-3/h4-9H,10H2,1-3H3,(H,19,20). The molecule has 4 nitrogen and oxygen atoms in total. The molecule has 0 aliphatic heterocycles. The summed E-state index contributed by atoms with van der Waals surface area (Å²) >= 11 is 3.49. The van der Waals surface area contributed by atoms with Crippen LogP contribution in [-0.4, -0.2) is 13.2 Å². The number of halogens is 1. The number of benzene rings is 2. The SMILES string of the molecule is COC(=O)Nc1cccc(Br)c1COc1ccc(C)cc1C. The summed E-state index contributed by atoms with van der Waals surface area (Å²) in [5.74, 6) is 0.824. The van der Waals surface area contributed by atoms with Crippen LogP contribution in [0.15, 0.2) is 40.9 Å². The molecule has 2 rings (SSSR count). The first-order valence-corrected chi connectivity index (χ1v) is 7.63. The highest BCUT2D eigenvalue weighted by Gasteiger charge is 2.11. The third-order valence-corrected chi connectivity index (χ3v) is 3.99. The molecule has 116 valence electrons. The highest BCUT2D eigenvalue weighted by molar-refractivity contribution is 9.10. The van der Waals surface area contributed by atoms with Crippen molar-refractivity contribution in [2.45, 2.75) is 20.5 Å². The van der Waals surface area contributed by atoms with Gasteiger partial charge in [-0.2, -0.15) is 0 Å². The molecule has 0 fully saturated rings. The summed E-state index contributed by atoms with van der Waals surface area (Å²) in [7, 11) is 1.33. The first kappa shape index (κ1) is 16.4. The topological polar surface area (TPSA) is 47.6 Å². The van der Waals surface area contributed by atoms with Crippen LogP contribution in [0, 0.1) is 13.8 Å². The lowest BCUT2D eigenvalue weighted by molar-refractivity contribution is 0.187. The molecular weight excluding hydrogens is 346 g/mol. The van der Waals surface area contributed by atoms with Gasteiger partial charge in [-0.15, -0.1) is 0 Å². The summed E-state index contributed by atoms with van der Waals surface area (Å²) < 4.78 is 11.4. The van der Waals surface area contributed by atoms with Crippen LogP contribution in [0.2, 0.25) is 0 Å². The quantitative estimate of drug-likeness (QED) is 0.846. The van der Waals surface area contributed by atoms with Crippen LogP contribution < -0.4 is 10.1 Å². The Bertz CT molecular complexity index is 686. The van der Waals surface area contributed by atoms with Gasteiger partial charge < -0.3 is 9.47 Å². The molecule has 0 radical (unpaired) electrons. The van der Waals surface area contributed by atoms with E-state index in [1.165, 1.54) is 12.7 Å². The average Bonchev–Trinajstić information content (AvgIpc) is 2.48. The zero-order chi connectivity index (χ0) is 16.1. The molecule has 0 aromatic heterocycles. The number of aryl methyl sites for hydroxylation is 2. The van der Waals surface area contributed by atoms with Crippen LogP contribution in [0.4, 0.5) is 10.5 Å². The highest BCUT2D eigenvalue weighted by atomic mass is 79.9. The summed E-state index contributed by atoms with van der Waals surface area (Å²) in [5.41, 5.74) is 3.78. The van der Waals surface area contributed by atoms with E-state index in [2.05, 4.69) is 32.0 Å². The van der Waals surface area contributed by atoms with E-state index in [0.29, 0.717) is 12.3 Å². The van der Waals surface area contributed by atoms with E-state index in [1.807, 2.05) is 44.2 Å². The van der Waals surface area contributed by atoms with Gasteiger partial charge in [0, 0.05) is 10.0 Å². The molecular formula is C17H18BrNO3. The fourth-order valence-electron chi connectivity index (χ4n) is 2.09. The molecule has 0 atom stereocenters. The Labute approximate surface area is 138 Å². The Morgan fingerprint density at radius 2 is 2.00 bits per heavy atom. The minimum Gasteiger partial charge on any atom is -0.489 e. The van der Waals surface area contributed by atoms with E-state index in [9.17, 15) is 4.79 Å². The molecule has 5 heteroatoms. The van der Waals surface area contributed by atoms with Gasteiger partial charge in [0.15, 0.2) is 0 Å². The van der Waals surface area contributed by atoms with Crippen LogP contribution >= 0.6 is 15.9 Å². The predicted octanol–water partition coefficient (Wildman–Crippen LogP) is 4.82. The second kappa shape index (κ2) is 7.31. The second-order valence-electron chi connectivity index (χ2n) is 4.94. The first-order chi connectivity index (χ1) is 10.5. The number of rotatable bonds is 4. The second-order valence-corrected chi connectivity index (χ2v) is 5.79. The summed E-state index contributed by atoms with van der Waals surface area (Å²) in [6.45, 7) is 4.39. The number of anilines is 1. The van der Waals surface area contributed by atoms with E-state index in [0.717, 1.165) is 21.3 Å². The molecule has 22 heavy (non-hydrogen) atoms. The van der Waals surface area contributed by atoms with Gasteiger partial charge in [-0.05, 0) is 37.6 Å². The van der Waals surface area contributed by atoms with Gasteiger partial charge in [0.2, 0.25) is 0 Å². The molecule has 0 aliphatic rings. The maximum Gasteiger partial charge on any atom is 0.411 e. The highest BCUT2D eigenvalue weighted by Crippen LogP contribution is 2.28. The summed E-state index contributed by atoms with van der Waals surface area (Å²) in [6.07, 6.45) is -0.508. The Hall–Kier alpha value is -2.01. The van der Waals surface area contributed by atoms with Gasteiger partial charge in [0.1, 0.15) is 12.4 Å². The lowest BCUT2D eigenvalue weighted by Crippen LogP contribution is -2.13. The molecule has 2 aromatic rings. The van der Waals surface area contributed by atoms with Crippen LogP contribution in [0.3, 0.4) is 0 Å². The van der Waals surface area contributed by atoms with Crippen LogP contribution in [0.1, 0.15) is 16.7 Å². The van der Waals surface area contributed by atoms with Crippen molar-refractivity contribution in [1.29, 1.82) is 0 Å². The number of ether oxygens (including phenoxy) is 2. The molecule has 0 saturated heterocycles. The summed E-state index contributed by atoms with van der Waals surface area (Å²) in [4.78, 5) is 11.4. The average molecular weight is 364 g/mol. The molecule has 0 unspecified atom stereocenters. The van der Waals surface area contributed by atoms with Crippen molar-refractivity contribution < 1.29 is 14.3 Å². The van der Waals surface area contributed by atoms with E-state index in [-0.39, 0.29) is 0 Å². The number of carbonyl (C=O) groups is 1. The Balaban J connectivity index is 2.19. The van der Waals surface area contributed by atoms with Crippen molar-refractivity contribution in [1.82, 2.24) is 0 Å². The number of nitrogens with one attached hydrogen (secondary N) is 1. The lowest BCUT2D eigenvalue weighted by atomic mass is 10.1. The third-order valence-electron chi connectivity index (χ3n) is 3.24. The predicted molar refractivity (Wildman–Crippen MR) is 90.4 cm³/mol. The number of methoxy groups -OCH3 is 1. The smallest absolute Gasteiger partial charge is 0.411 e. The van der Waals surface area contributed by atoms with Gasteiger partial charge in [-0.25, -0.2) is 4.79 Å². The van der Waals surface area contributed by atoms with Gasteiger partial charge in [-0.1, -0.05) is 39.7 Å². The molecule has 0 spiro atoms. The zero-order valence-corrected chi connectivity index (χ0v) is 14.4. The van der Waals surface area contributed by atoms with E-state index in [4.69, 9.17) is 4.74 Å². The van der Waals surface area contributed by atoms with Gasteiger partial charge >= 0.3 is 6.09 Å². The zero-order valence-electron chi connectivity index (χ0n) is 12.8. The van der Waals surface area contributed by atoms with Crippen LogP contribution in [-0.2, 0) is 11.3 Å². The number of hydrogen-bond donors (Lipinski definition) is 1.